The molecule has 1 N–H and O–H groups in total. The molecule has 460 valence electrons. The van der Waals surface area contributed by atoms with E-state index in [-0.39, 0.29) is 72.6 Å². The van der Waals surface area contributed by atoms with E-state index in [9.17, 15) is 24.0 Å². The zero-order valence-corrected chi connectivity index (χ0v) is 50.7. The van der Waals surface area contributed by atoms with E-state index >= 15 is 0 Å². The number of piperazine rings is 1. The van der Waals surface area contributed by atoms with Gasteiger partial charge < -0.3 is 67.4 Å². The fraction of sp³-hybridized carbons (Fsp3) is 0.541. The number of nitrogens with zero attached hydrogens (tertiary/aromatic N) is 7. The third-order valence-corrected chi connectivity index (χ3v) is 16.5. The number of rotatable bonds is 30. The van der Waals surface area contributed by atoms with Crippen LogP contribution in [0.15, 0.2) is 69.7 Å². The van der Waals surface area contributed by atoms with Gasteiger partial charge in [0.1, 0.15) is 32.2 Å². The van der Waals surface area contributed by atoms with Crippen molar-refractivity contribution in [3.05, 3.63) is 82.2 Å². The summed E-state index contributed by atoms with van der Waals surface area (Å²) in [5, 5.41) is 2.88. The first kappa shape index (κ1) is 63.8. The molecule has 8 rings (SSSR count). The number of carbonyl (C=O) groups excluding carboxylic acids is 5. The molecule has 23 nitrogen and oxygen atoms in total. The maximum Gasteiger partial charge on any atom is 0.508 e. The van der Waals surface area contributed by atoms with Crippen molar-refractivity contribution in [2.45, 2.75) is 83.4 Å². The van der Waals surface area contributed by atoms with Gasteiger partial charge in [0.15, 0.2) is 23.0 Å². The number of aromatic nitrogens is 1. The standard InChI is InChI=1S/C61H80N8O15S/c1-8-41-26-45-34-63-50-32-54(52(75-5)30-48(50)58(72)68(45)36-41)83-38-43-28-47(29-44(65-43)39-84-55-33-51-49(31-53(55)76-6)59(73)69-37-42(9-2)27-46(69)35-64-51)81-19-17-66-13-15-67(16-14-66)57(71)10-11-61(3,4)85-40-56(70)62-12-18-78-20-21-79-22-23-80-24-25-82-60(74)77-7/h8-9,28-35,45-46H,10-27,36-40H2,1-7H3,(H,62,70)/b41-8+,42-9+/t45-,46-/m0/s1. The Morgan fingerprint density at radius 3 is 1.72 bits per heavy atom. The smallest absolute Gasteiger partial charge is 0.493 e. The van der Waals surface area contributed by atoms with Gasteiger partial charge in [-0.15, -0.1) is 11.8 Å². The number of hydrogen-bond acceptors (Lipinski definition) is 20. The molecule has 3 aromatic rings. The van der Waals surface area contributed by atoms with Crippen LogP contribution in [-0.2, 0) is 46.5 Å². The van der Waals surface area contributed by atoms with E-state index in [0.717, 1.165) is 12.8 Å². The van der Waals surface area contributed by atoms with Gasteiger partial charge in [0.25, 0.3) is 11.8 Å². The average Bonchev–Trinajstić information content (AvgIpc) is 3.05. The lowest BCUT2D eigenvalue weighted by Gasteiger charge is -2.35. The Balaban J connectivity index is 0.812. The maximum atomic E-state index is 13.8. The van der Waals surface area contributed by atoms with Gasteiger partial charge in [-0.3, -0.25) is 39.0 Å². The molecule has 2 aromatic carbocycles. The molecule has 0 unspecified atom stereocenters. The van der Waals surface area contributed by atoms with Gasteiger partial charge in [0.05, 0.1) is 113 Å². The number of nitrogens with one attached hydrogen (secondary N) is 1. The van der Waals surface area contributed by atoms with Gasteiger partial charge in [0, 0.05) is 100 Å². The molecule has 0 aliphatic carbocycles. The predicted molar refractivity (Wildman–Crippen MR) is 320 cm³/mol. The van der Waals surface area contributed by atoms with E-state index < -0.39 is 6.16 Å². The van der Waals surface area contributed by atoms with Crippen LogP contribution in [-0.4, -0.2) is 216 Å². The summed E-state index contributed by atoms with van der Waals surface area (Å²) in [7, 11) is 4.30. The van der Waals surface area contributed by atoms with E-state index in [4.69, 9.17) is 57.6 Å². The summed E-state index contributed by atoms with van der Waals surface area (Å²) in [6.07, 6.45) is 9.49. The molecule has 85 heavy (non-hydrogen) atoms. The lowest BCUT2D eigenvalue weighted by atomic mass is 10.1. The van der Waals surface area contributed by atoms with Gasteiger partial charge >= 0.3 is 6.16 Å². The Bertz CT molecular complexity index is 2830. The van der Waals surface area contributed by atoms with Crippen LogP contribution in [0.1, 0.15) is 85.5 Å². The molecule has 3 fully saturated rings. The predicted octanol–water partition coefficient (Wildman–Crippen LogP) is 6.77. The summed E-state index contributed by atoms with van der Waals surface area (Å²) in [6.45, 7) is 15.3. The molecular weight excluding hydrogens is 1120 g/mol. The number of ether oxygens (including phenoxy) is 10. The molecule has 0 radical (unpaired) electrons. The average molecular weight is 1200 g/mol. The minimum atomic E-state index is -0.751. The van der Waals surface area contributed by atoms with Gasteiger partial charge in [-0.25, -0.2) is 4.79 Å². The molecule has 0 saturated carbocycles. The second-order valence-corrected chi connectivity index (χ2v) is 23.1. The molecule has 2 atom stereocenters. The summed E-state index contributed by atoms with van der Waals surface area (Å²) >= 11 is 1.52. The zero-order chi connectivity index (χ0) is 60.3. The Hall–Kier alpha value is -7.25. The molecule has 6 heterocycles. The number of allylic oxidation sites excluding steroid dienone is 2. The molecule has 24 heteroatoms. The summed E-state index contributed by atoms with van der Waals surface area (Å²) in [5.74, 6) is 2.12. The molecule has 3 saturated heterocycles. The fourth-order valence-corrected chi connectivity index (χ4v) is 11.1. The molecule has 0 bridgehead atoms. The van der Waals surface area contributed by atoms with Crippen LogP contribution in [0, 0.1) is 0 Å². The van der Waals surface area contributed by atoms with Crippen molar-refractivity contribution in [3.63, 3.8) is 0 Å². The fourth-order valence-electron chi connectivity index (χ4n) is 10.2. The topological polar surface area (TPSA) is 240 Å². The summed E-state index contributed by atoms with van der Waals surface area (Å²) in [5.41, 5.74) is 5.31. The van der Waals surface area contributed by atoms with Crippen LogP contribution < -0.4 is 29.0 Å². The largest absolute Gasteiger partial charge is 0.508 e. The van der Waals surface area contributed by atoms with Crippen molar-refractivity contribution in [3.8, 4) is 28.7 Å². The van der Waals surface area contributed by atoms with Crippen LogP contribution in [0.25, 0.3) is 0 Å². The first-order chi connectivity index (χ1) is 41.2. The zero-order valence-electron chi connectivity index (χ0n) is 49.9. The molecule has 0 spiro atoms. The number of carbonyl (C=O) groups is 5. The van der Waals surface area contributed by atoms with Crippen molar-refractivity contribution in [1.29, 1.82) is 0 Å². The highest BCUT2D eigenvalue weighted by atomic mass is 32.2. The SMILES string of the molecule is C/C=C1\C[C@H]2C=Nc3cc(OCc4cc(OCCN5CCN(C(=O)CCC(C)(C)SCC(=O)NCCOCCOCCOCCOC(=O)OC)CC5)cc(COc5cc6c(cc5OC)C(=O)N5C/C(=C/C)C[C@H]5C=N6)n4)c(OC)cc3C(=O)N2C1. The Morgan fingerprint density at radius 1 is 0.671 bits per heavy atom. The quantitative estimate of drug-likeness (QED) is 0.0411. The highest BCUT2D eigenvalue weighted by Crippen LogP contribution is 2.41. The summed E-state index contributed by atoms with van der Waals surface area (Å²) in [4.78, 5) is 86.8. The number of hydrogen-bond donors (Lipinski definition) is 1. The van der Waals surface area contributed by atoms with E-state index in [0.29, 0.717) is 167 Å². The van der Waals surface area contributed by atoms with Crippen molar-refractivity contribution in [1.82, 2.24) is 29.9 Å². The van der Waals surface area contributed by atoms with E-state index in [2.05, 4.69) is 41.0 Å². The van der Waals surface area contributed by atoms with Gasteiger partial charge in [-0.05, 0) is 45.2 Å². The normalized spacial score (nSPS) is 18.4. The van der Waals surface area contributed by atoms with Crippen molar-refractivity contribution >= 4 is 65.3 Å². The van der Waals surface area contributed by atoms with Gasteiger partial charge in [-0.1, -0.05) is 37.1 Å². The van der Waals surface area contributed by atoms with Crippen LogP contribution in [0.4, 0.5) is 16.2 Å². The number of aliphatic imine (C=N–C) groups is 2. The highest BCUT2D eigenvalue weighted by Gasteiger charge is 2.36. The second-order valence-electron chi connectivity index (χ2n) is 21.4. The second kappa shape index (κ2) is 31.2. The lowest BCUT2D eigenvalue weighted by Crippen LogP contribution is -2.49. The third-order valence-electron chi connectivity index (χ3n) is 15.1. The van der Waals surface area contributed by atoms with E-state index in [1.165, 1.54) is 44.2 Å². The third kappa shape index (κ3) is 17.9. The number of pyridine rings is 1. The van der Waals surface area contributed by atoms with Crippen molar-refractivity contribution < 1.29 is 71.3 Å². The Kier molecular flexibility index (Phi) is 23.4. The molecular formula is C61H80N8O15S. The van der Waals surface area contributed by atoms with Crippen molar-refractivity contribution in [2.24, 2.45) is 9.98 Å². The van der Waals surface area contributed by atoms with Gasteiger partial charge in [0.2, 0.25) is 11.8 Å². The lowest BCUT2D eigenvalue weighted by molar-refractivity contribution is -0.133. The minimum Gasteiger partial charge on any atom is -0.493 e. The van der Waals surface area contributed by atoms with Crippen LogP contribution in [0.2, 0.25) is 0 Å². The van der Waals surface area contributed by atoms with Crippen LogP contribution in [0.5, 0.6) is 28.7 Å². The maximum absolute atomic E-state index is 13.8. The van der Waals surface area contributed by atoms with E-state index in [1.54, 1.807) is 24.3 Å². The Morgan fingerprint density at radius 2 is 1.20 bits per heavy atom. The minimum absolute atomic E-state index is 0.0115. The van der Waals surface area contributed by atoms with Crippen LogP contribution >= 0.6 is 11.8 Å². The van der Waals surface area contributed by atoms with Gasteiger partial charge in [-0.2, -0.15) is 0 Å². The first-order valence-corrected chi connectivity index (χ1v) is 29.8. The number of fused-ring (bicyclic) bond motifs is 4. The molecule has 4 amide bonds. The number of benzene rings is 2. The number of methoxy groups -OCH3 is 3. The monoisotopic (exact) mass is 1200 g/mol. The molecule has 5 aliphatic heterocycles. The van der Waals surface area contributed by atoms with Crippen molar-refractivity contribution in [2.75, 3.05) is 132 Å². The van der Waals surface area contributed by atoms with Crippen LogP contribution in [0.3, 0.4) is 0 Å². The Labute approximate surface area is 501 Å². The summed E-state index contributed by atoms with van der Waals surface area (Å²) < 4.78 is 55.9. The number of thioether (sulfide) groups is 1. The summed E-state index contributed by atoms with van der Waals surface area (Å²) in [6, 6.07) is 10.2. The molecule has 5 aliphatic rings. The first-order valence-electron chi connectivity index (χ1n) is 28.8. The van der Waals surface area contributed by atoms with E-state index in [1.807, 2.05) is 53.1 Å². The molecule has 1 aromatic heterocycles. The highest BCUT2D eigenvalue weighted by molar-refractivity contribution is 8.01. The number of amides is 4.